The first kappa shape index (κ1) is 7.47. The topological polar surface area (TPSA) is 30.0 Å². The van der Waals surface area contributed by atoms with Crippen LogP contribution in [-0.4, -0.2) is 10.8 Å². The van der Waals surface area contributed by atoms with Crippen LogP contribution in [0.4, 0.5) is 0 Å². The molecule has 0 aliphatic heterocycles. The monoisotopic (exact) mass is 161 g/mol. The number of aromatic nitrogens is 1. The summed E-state index contributed by atoms with van der Waals surface area (Å²) in [5, 5.41) is 0. The smallest absolute Gasteiger partial charge is 0.178 e. The highest BCUT2D eigenvalue weighted by Gasteiger charge is 2.27. The summed E-state index contributed by atoms with van der Waals surface area (Å²) < 4.78 is 0. The van der Waals surface area contributed by atoms with Crippen LogP contribution >= 0.6 is 0 Å². The van der Waals surface area contributed by atoms with Gasteiger partial charge in [-0.25, -0.2) is 0 Å². The van der Waals surface area contributed by atoms with Gasteiger partial charge in [-0.05, 0) is 30.4 Å². The van der Waals surface area contributed by atoms with E-state index in [1.807, 2.05) is 12.1 Å². The third-order valence-electron chi connectivity index (χ3n) is 2.19. The average Bonchev–Trinajstić information content (AvgIpc) is 2.87. The molecule has 1 heterocycles. The SMILES string of the molecule is CC(=O)c1ncccc1C1CC1. The van der Waals surface area contributed by atoms with Gasteiger partial charge in [0, 0.05) is 13.1 Å². The van der Waals surface area contributed by atoms with Gasteiger partial charge in [0.2, 0.25) is 0 Å². The minimum atomic E-state index is 0.0810. The number of hydrogen-bond donors (Lipinski definition) is 0. The van der Waals surface area contributed by atoms with Crippen molar-refractivity contribution in [1.29, 1.82) is 0 Å². The molecule has 0 saturated heterocycles. The highest BCUT2D eigenvalue weighted by Crippen LogP contribution is 2.41. The van der Waals surface area contributed by atoms with E-state index in [4.69, 9.17) is 0 Å². The van der Waals surface area contributed by atoms with Crippen molar-refractivity contribution in [2.75, 3.05) is 0 Å². The van der Waals surface area contributed by atoms with Gasteiger partial charge in [0.15, 0.2) is 5.78 Å². The van der Waals surface area contributed by atoms with Crippen molar-refractivity contribution in [1.82, 2.24) is 4.98 Å². The van der Waals surface area contributed by atoms with Crippen molar-refractivity contribution in [3.8, 4) is 0 Å². The first-order chi connectivity index (χ1) is 5.79. The molecule has 0 atom stereocenters. The van der Waals surface area contributed by atoms with Crippen LogP contribution in [0.2, 0.25) is 0 Å². The summed E-state index contributed by atoms with van der Waals surface area (Å²) in [7, 11) is 0. The molecule has 0 spiro atoms. The number of rotatable bonds is 2. The van der Waals surface area contributed by atoms with Crippen molar-refractivity contribution in [2.24, 2.45) is 0 Å². The lowest BCUT2D eigenvalue weighted by Crippen LogP contribution is -2.01. The molecule has 1 saturated carbocycles. The van der Waals surface area contributed by atoms with Crippen molar-refractivity contribution in [2.45, 2.75) is 25.7 Å². The van der Waals surface area contributed by atoms with Gasteiger partial charge in [0.1, 0.15) is 5.69 Å². The van der Waals surface area contributed by atoms with Crippen molar-refractivity contribution in [3.05, 3.63) is 29.6 Å². The molecule has 0 bridgehead atoms. The van der Waals surface area contributed by atoms with E-state index in [0.29, 0.717) is 11.6 Å². The summed E-state index contributed by atoms with van der Waals surface area (Å²) in [4.78, 5) is 15.2. The van der Waals surface area contributed by atoms with Crippen molar-refractivity contribution < 1.29 is 4.79 Å². The van der Waals surface area contributed by atoms with Crippen LogP contribution in [-0.2, 0) is 0 Å². The molecule has 2 rings (SSSR count). The number of ketones is 1. The number of carbonyl (C=O) groups is 1. The second-order valence-electron chi connectivity index (χ2n) is 3.27. The van der Waals surface area contributed by atoms with E-state index in [-0.39, 0.29) is 5.78 Å². The predicted octanol–water partition coefficient (Wildman–Crippen LogP) is 2.16. The molecular formula is C10H11NO. The quantitative estimate of drug-likeness (QED) is 0.622. The number of Topliss-reactive ketones (excluding diaryl/α,β-unsaturated/α-hetero) is 1. The Bertz CT molecular complexity index is 315. The zero-order chi connectivity index (χ0) is 8.55. The zero-order valence-corrected chi connectivity index (χ0v) is 7.08. The molecule has 0 amide bonds. The maximum absolute atomic E-state index is 11.1. The summed E-state index contributed by atoms with van der Waals surface area (Å²) in [5.41, 5.74) is 1.81. The van der Waals surface area contributed by atoms with Crippen LogP contribution < -0.4 is 0 Å². The van der Waals surface area contributed by atoms with Gasteiger partial charge >= 0.3 is 0 Å². The Labute approximate surface area is 71.6 Å². The van der Waals surface area contributed by atoms with Crippen LogP contribution in [0.1, 0.15) is 41.7 Å². The molecule has 12 heavy (non-hydrogen) atoms. The van der Waals surface area contributed by atoms with Crippen LogP contribution in [0.5, 0.6) is 0 Å². The second-order valence-corrected chi connectivity index (χ2v) is 3.27. The van der Waals surface area contributed by atoms with E-state index in [9.17, 15) is 4.79 Å². The average molecular weight is 161 g/mol. The molecule has 1 aliphatic carbocycles. The maximum atomic E-state index is 11.1. The van der Waals surface area contributed by atoms with E-state index in [2.05, 4.69) is 4.98 Å². The van der Waals surface area contributed by atoms with Crippen LogP contribution in [0.15, 0.2) is 18.3 Å². The first-order valence-electron chi connectivity index (χ1n) is 4.25. The minimum Gasteiger partial charge on any atom is -0.293 e. The number of hydrogen-bond acceptors (Lipinski definition) is 2. The fourth-order valence-corrected chi connectivity index (χ4v) is 1.44. The Morgan fingerprint density at radius 2 is 2.33 bits per heavy atom. The molecule has 2 heteroatoms. The zero-order valence-electron chi connectivity index (χ0n) is 7.08. The Morgan fingerprint density at radius 1 is 1.58 bits per heavy atom. The summed E-state index contributed by atoms with van der Waals surface area (Å²) in [6.45, 7) is 1.58. The summed E-state index contributed by atoms with van der Waals surface area (Å²) in [5.74, 6) is 0.690. The van der Waals surface area contributed by atoms with E-state index in [0.717, 1.165) is 5.56 Å². The summed E-state index contributed by atoms with van der Waals surface area (Å²) in [6.07, 6.45) is 4.11. The molecule has 1 aromatic rings. The number of pyridine rings is 1. The molecule has 62 valence electrons. The summed E-state index contributed by atoms with van der Waals surface area (Å²) >= 11 is 0. The normalized spacial score (nSPS) is 16.1. The van der Waals surface area contributed by atoms with E-state index in [1.165, 1.54) is 12.8 Å². The van der Waals surface area contributed by atoms with Gasteiger partial charge in [-0.3, -0.25) is 9.78 Å². The standard InChI is InChI=1S/C10H11NO/c1-7(12)10-9(8-4-5-8)3-2-6-11-10/h2-3,6,8H,4-5H2,1H3. The number of carbonyl (C=O) groups excluding carboxylic acids is 1. The molecule has 0 radical (unpaired) electrons. The van der Waals surface area contributed by atoms with E-state index in [1.54, 1.807) is 13.1 Å². The minimum absolute atomic E-state index is 0.0810. The molecule has 1 aliphatic rings. The third kappa shape index (κ3) is 1.24. The maximum Gasteiger partial charge on any atom is 0.178 e. The Morgan fingerprint density at radius 3 is 2.92 bits per heavy atom. The molecule has 0 N–H and O–H groups in total. The van der Waals surface area contributed by atoms with Gasteiger partial charge in [0.25, 0.3) is 0 Å². The molecular weight excluding hydrogens is 150 g/mol. The Hall–Kier alpha value is -1.18. The predicted molar refractivity (Wildman–Crippen MR) is 46.2 cm³/mol. The Balaban J connectivity index is 2.43. The lowest BCUT2D eigenvalue weighted by molar-refractivity contribution is 0.101. The van der Waals surface area contributed by atoms with Gasteiger partial charge in [-0.2, -0.15) is 0 Å². The van der Waals surface area contributed by atoms with E-state index < -0.39 is 0 Å². The fourth-order valence-electron chi connectivity index (χ4n) is 1.44. The lowest BCUT2D eigenvalue weighted by atomic mass is 10.1. The first-order valence-corrected chi connectivity index (χ1v) is 4.25. The van der Waals surface area contributed by atoms with Gasteiger partial charge in [0.05, 0.1) is 0 Å². The molecule has 0 aromatic carbocycles. The van der Waals surface area contributed by atoms with Gasteiger partial charge in [-0.1, -0.05) is 6.07 Å². The number of nitrogens with zero attached hydrogens (tertiary/aromatic N) is 1. The molecule has 1 aromatic heterocycles. The summed E-state index contributed by atoms with van der Waals surface area (Å²) in [6, 6.07) is 3.92. The van der Waals surface area contributed by atoms with Crippen molar-refractivity contribution in [3.63, 3.8) is 0 Å². The molecule has 2 nitrogen and oxygen atoms in total. The lowest BCUT2D eigenvalue weighted by Gasteiger charge is -2.02. The third-order valence-corrected chi connectivity index (χ3v) is 2.19. The molecule has 1 fully saturated rings. The van der Waals surface area contributed by atoms with Crippen LogP contribution in [0.3, 0.4) is 0 Å². The largest absolute Gasteiger partial charge is 0.293 e. The van der Waals surface area contributed by atoms with Crippen LogP contribution in [0, 0.1) is 0 Å². The highest BCUT2D eigenvalue weighted by molar-refractivity contribution is 5.93. The second kappa shape index (κ2) is 2.70. The molecule has 0 unspecified atom stereocenters. The highest BCUT2D eigenvalue weighted by atomic mass is 16.1. The van der Waals surface area contributed by atoms with Gasteiger partial charge in [-0.15, -0.1) is 0 Å². The Kier molecular flexibility index (Phi) is 1.68. The van der Waals surface area contributed by atoms with Crippen LogP contribution in [0.25, 0.3) is 0 Å². The van der Waals surface area contributed by atoms with E-state index >= 15 is 0 Å². The van der Waals surface area contributed by atoms with Gasteiger partial charge < -0.3 is 0 Å². The fraction of sp³-hybridized carbons (Fsp3) is 0.400. The van der Waals surface area contributed by atoms with Crippen molar-refractivity contribution >= 4 is 5.78 Å².